The highest BCUT2D eigenvalue weighted by Gasteiger charge is 2.61. The van der Waals surface area contributed by atoms with E-state index in [1.165, 1.54) is 17.2 Å². The predicted molar refractivity (Wildman–Crippen MR) is 90.4 cm³/mol. The van der Waals surface area contributed by atoms with Gasteiger partial charge in [-0.3, -0.25) is 14.5 Å². The molecule has 0 spiro atoms. The average Bonchev–Trinajstić information content (AvgIpc) is 3.41. The zero-order valence-corrected chi connectivity index (χ0v) is 14.0. The fraction of sp³-hybridized carbons (Fsp3) is 0.350. The molecule has 1 aromatic heterocycles. The summed E-state index contributed by atoms with van der Waals surface area (Å²) in [6.07, 6.45) is 4.53. The third-order valence-electron chi connectivity index (χ3n) is 5.96. The van der Waals surface area contributed by atoms with E-state index in [2.05, 4.69) is 0 Å². The van der Waals surface area contributed by atoms with Crippen molar-refractivity contribution in [1.82, 2.24) is 0 Å². The first-order valence-corrected chi connectivity index (χ1v) is 8.87. The third-order valence-corrected chi connectivity index (χ3v) is 5.96. The molecule has 0 radical (unpaired) electrons. The number of anilines is 1. The number of imide groups is 1. The van der Waals surface area contributed by atoms with Crippen molar-refractivity contribution in [1.29, 1.82) is 0 Å². The van der Waals surface area contributed by atoms with Crippen LogP contribution in [0.2, 0.25) is 0 Å². The van der Waals surface area contributed by atoms with E-state index < -0.39 is 5.97 Å². The zero-order valence-electron chi connectivity index (χ0n) is 14.0. The first-order chi connectivity index (χ1) is 12.6. The van der Waals surface area contributed by atoms with E-state index in [9.17, 15) is 14.4 Å². The summed E-state index contributed by atoms with van der Waals surface area (Å²) in [4.78, 5) is 38.8. The molecule has 2 amide bonds. The van der Waals surface area contributed by atoms with E-state index >= 15 is 0 Å². The van der Waals surface area contributed by atoms with Crippen molar-refractivity contribution in [3.63, 3.8) is 0 Å². The summed E-state index contributed by atoms with van der Waals surface area (Å²) < 4.78 is 10.2. The van der Waals surface area contributed by atoms with Gasteiger partial charge in [-0.2, -0.15) is 0 Å². The summed E-state index contributed by atoms with van der Waals surface area (Å²) in [6, 6.07) is 9.57. The molecule has 2 heterocycles. The highest BCUT2D eigenvalue weighted by Crippen LogP contribution is 2.56. The van der Waals surface area contributed by atoms with Crippen molar-refractivity contribution < 1.29 is 23.5 Å². The molecule has 3 fully saturated rings. The van der Waals surface area contributed by atoms with E-state index in [0.29, 0.717) is 23.3 Å². The van der Waals surface area contributed by atoms with Crippen LogP contribution in [0, 0.1) is 23.7 Å². The molecule has 5 rings (SSSR count). The molecular weight excluding hydrogens is 334 g/mol. The highest BCUT2D eigenvalue weighted by atomic mass is 16.5. The van der Waals surface area contributed by atoms with Crippen molar-refractivity contribution in [3.05, 3.63) is 48.4 Å². The Bertz CT molecular complexity index is 857. The number of carbonyl (C=O) groups is 3. The van der Waals surface area contributed by atoms with Gasteiger partial charge in [-0.15, -0.1) is 0 Å². The molecule has 1 aliphatic heterocycles. The fourth-order valence-electron chi connectivity index (χ4n) is 4.88. The van der Waals surface area contributed by atoms with E-state index in [-0.39, 0.29) is 29.4 Å². The second-order valence-electron chi connectivity index (χ2n) is 7.26. The molecule has 0 N–H and O–H groups in total. The van der Waals surface area contributed by atoms with Gasteiger partial charge in [-0.1, -0.05) is 0 Å². The Labute approximate surface area is 149 Å². The minimum Gasteiger partial charge on any atom is -0.457 e. The number of furan rings is 1. The van der Waals surface area contributed by atoms with E-state index in [0.717, 1.165) is 19.3 Å². The van der Waals surface area contributed by atoms with Crippen LogP contribution in [0.3, 0.4) is 0 Å². The summed E-state index contributed by atoms with van der Waals surface area (Å²) in [5.74, 6) is 0.134. The molecule has 2 aromatic rings. The Balaban J connectivity index is 1.36. The second kappa shape index (κ2) is 5.56. The quantitative estimate of drug-likeness (QED) is 0.483. The number of amides is 2. The number of ether oxygens (including phenoxy) is 1. The zero-order chi connectivity index (χ0) is 17.8. The van der Waals surface area contributed by atoms with Crippen molar-refractivity contribution in [3.8, 4) is 5.75 Å². The molecule has 26 heavy (non-hydrogen) atoms. The van der Waals surface area contributed by atoms with Crippen molar-refractivity contribution in [2.75, 3.05) is 4.90 Å². The number of fused-ring (bicyclic) bond motifs is 5. The normalized spacial score (nSPS) is 29.3. The molecule has 0 unspecified atom stereocenters. The van der Waals surface area contributed by atoms with Crippen LogP contribution in [0.4, 0.5) is 5.69 Å². The standard InChI is InChI=1S/C20H17NO5/c22-18-16-11-3-4-12(10-11)17(16)19(23)21(18)13-5-7-14(8-6-13)26-20(24)15-2-1-9-25-15/h1-2,5-9,11-12,16-17H,3-4,10H2/t11-,12-,16-,17-/m0/s1. The van der Waals surface area contributed by atoms with Gasteiger partial charge in [0.1, 0.15) is 5.75 Å². The molecular formula is C20H17NO5. The van der Waals surface area contributed by atoms with Gasteiger partial charge in [0.15, 0.2) is 0 Å². The van der Waals surface area contributed by atoms with Crippen LogP contribution in [-0.2, 0) is 9.59 Å². The van der Waals surface area contributed by atoms with Crippen molar-refractivity contribution in [2.45, 2.75) is 19.3 Å². The van der Waals surface area contributed by atoms with Crippen LogP contribution in [0.1, 0.15) is 29.8 Å². The molecule has 6 nitrogen and oxygen atoms in total. The van der Waals surface area contributed by atoms with Gasteiger partial charge in [0.2, 0.25) is 17.6 Å². The molecule has 2 aliphatic carbocycles. The van der Waals surface area contributed by atoms with Gasteiger partial charge in [0.05, 0.1) is 23.8 Å². The Morgan fingerprint density at radius 1 is 1.00 bits per heavy atom. The van der Waals surface area contributed by atoms with Gasteiger partial charge in [-0.05, 0) is 67.5 Å². The van der Waals surface area contributed by atoms with Crippen LogP contribution in [0.15, 0.2) is 47.1 Å². The largest absolute Gasteiger partial charge is 0.457 e. The summed E-state index contributed by atoms with van der Waals surface area (Å²) in [7, 11) is 0. The lowest BCUT2D eigenvalue weighted by Crippen LogP contribution is -2.32. The minimum absolute atomic E-state index is 0.0764. The maximum atomic E-state index is 12.8. The summed E-state index contributed by atoms with van der Waals surface area (Å²) in [5.41, 5.74) is 0.534. The topological polar surface area (TPSA) is 76.8 Å². The number of carbonyl (C=O) groups excluding carboxylic acids is 3. The van der Waals surface area contributed by atoms with E-state index in [1.54, 1.807) is 30.3 Å². The molecule has 2 bridgehead atoms. The van der Waals surface area contributed by atoms with E-state index in [1.807, 2.05) is 0 Å². The second-order valence-corrected chi connectivity index (χ2v) is 7.26. The average molecular weight is 351 g/mol. The number of rotatable bonds is 3. The number of nitrogens with zero attached hydrogens (tertiary/aromatic N) is 1. The first-order valence-electron chi connectivity index (χ1n) is 8.87. The minimum atomic E-state index is -0.595. The van der Waals surface area contributed by atoms with Gasteiger partial charge < -0.3 is 9.15 Å². The lowest BCUT2D eigenvalue weighted by molar-refractivity contribution is -0.123. The molecule has 3 aliphatic rings. The number of benzene rings is 1. The predicted octanol–water partition coefficient (Wildman–Crippen LogP) is 3.03. The highest BCUT2D eigenvalue weighted by molar-refractivity contribution is 6.22. The maximum Gasteiger partial charge on any atom is 0.379 e. The molecule has 6 heteroatoms. The van der Waals surface area contributed by atoms with Crippen LogP contribution < -0.4 is 9.64 Å². The van der Waals surface area contributed by atoms with Crippen molar-refractivity contribution in [2.24, 2.45) is 23.7 Å². The smallest absolute Gasteiger partial charge is 0.379 e. The SMILES string of the molecule is O=C(Oc1ccc(N2C(=O)[C@H]3[C@H]4CC[C@@H](C4)[C@@H]3C2=O)cc1)c1ccco1. The Hall–Kier alpha value is -2.89. The van der Waals surface area contributed by atoms with Crippen LogP contribution in [0.5, 0.6) is 5.75 Å². The maximum absolute atomic E-state index is 12.8. The lowest BCUT2D eigenvalue weighted by atomic mass is 9.81. The summed E-state index contributed by atoms with van der Waals surface area (Å²) in [6.45, 7) is 0. The van der Waals surface area contributed by atoms with Gasteiger partial charge in [0.25, 0.3) is 0 Å². The summed E-state index contributed by atoms with van der Waals surface area (Å²) in [5, 5.41) is 0. The monoisotopic (exact) mass is 351 g/mol. The van der Waals surface area contributed by atoms with Gasteiger partial charge in [0, 0.05) is 0 Å². The number of esters is 1. The molecule has 132 valence electrons. The molecule has 1 saturated heterocycles. The first kappa shape index (κ1) is 15.4. The molecule has 2 saturated carbocycles. The van der Waals surface area contributed by atoms with E-state index in [4.69, 9.17) is 9.15 Å². The summed E-state index contributed by atoms with van der Waals surface area (Å²) >= 11 is 0. The Morgan fingerprint density at radius 2 is 1.65 bits per heavy atom. The lowest BCUT2D eigenvalue weighted by Gasteiger charge is -2.19. The molecule has 1 aromatic carbocycles. The Morgan fingerprint density at radius 3 is 2.23 bits per heavy atom. The third kappa shape index (κ3) is 2.14. The Kier molecular flexibility index (Phi) is 3.29. The fourth-order valence-corrected chi connectivity index (χ4v) is 4.88. The van der Waals surface area contributed by atoms with Crippen LogP contribution in [-0.4, -0.2) is 17.8 Å². The number of hydrogen-bond acceptors (Lipinski definition) is 5. The molecule has 4 atom stereocenters. The van der Waals surface area contributed by atoms with Crippen LogP contribution in [0.25, 0.3) is 0 Å². The van der Waals surface area contributed by atoms with Crippen LogP contribution >= 0.6 is 0 Å². The van der Waals surface area contributed by atoms with Crippen molar-refractivity contribution >= 4 is 23.5 Å². The number of hydrogen-bond donors (Lipinski definition) is 0. The van der Waals surface area contributed by atoms with Gasteiger partial charge in [-0.25, -0.2) is 4.79 Å². The van der Waals surface area contributed by atoms with Gasteiger partial charge >= 0.3 is 5.97 Å².